The summed E-state index contributed by atoms with van der Waals surface area (Å²) in [6, 6.07) is 10.6. The van der Waals surface area contributed by atoms with Gasteiger partial charge in [-0.3, -0.25) is 23.7 Å². The molecule has 0 saturated heterocycles. The molecule has 2 amide bonds. The minimum atomic E-state index is -0.297. The van der Waals surface area contributed by atoms with Gasteiger partial charge in [0.15, 0.2) is 0 Å². The van der Waals surface area contributed by atoms with Crippen LogP contribution >= 0.6 is 11.6 Å². The number of nitrogens with zero attached hydrogens (tertiary/aromatic N) is 4. The van der Waals surface area contributed by atoms with Gasteiger partial charge in [-0.2, -0.15) is 0 Å². The summed E-state index contributed by atoms with van der Waals surface area (Å²) in [6.45, 7) is 2.34. The smallest absolute Gasteiger partial charge is 0.333 e. The molecule has 3 aromatic heterocycles. The normalized spacial score (nSPS) is 17.0. The van der Waals surface area contributed by atoms with Gasteiger partial charge in [-0.25, -0.2) is 9.78 Å². The lowest BCUT2D eigenvalue weighted by molar-refractivity contribution is 0.0917. The van der Waals surface area contributed by atoms with Gasteiger partial charge in [-0.05, 0) is 68.9 Å². The Balaban J connectivity index is 1.35. The molecule has 10 nitrogen and oxygen atoms in total. The van der Waals surface area contributed by atoms with Crippen molar-refractivity contribution in [3.05, 3.63) is 81.3 Å². The molecule has 0 atom stereocenters. The number of carbonyl (C=O) groups excluding carboxylic acids is 2. The Kier molecular flexibility index (Phi) is 7.88. The van der Waals surface area contributed by atoms with Gasteiger partial charge in [0.1, 0.15) is 11.4 Å². The molecule has 1 fully saturated rings. The highest BCUT2D eigenvalue weighted by atomic mass is 35.5. The van der Waals surface area contributed by atoms with E-state index in [1.54, 1.807) is 48.4 Å². The Bertz CT molecular complexity index is 1620. The van der Waals surface area contributed by atoms with E-state index in [0.29, 0.717) is 39.8 Å². The first-order chi connectivity index (χ1) is 19.3. The molecule has 0 spiro atoms. The molecular weight excluding hydrogens is 532 g/mol. The van der Waals surface area contributed by atoms with Crippen LogP contribution in [0.2, 0.25) is 5.02 Å². The number of pyridine rings is 2. The molecule has 1 aliphatic carbocycles. The minimum Gasteiger partial charge on any atom is -0.497 e. The van der Waals surface area contributed by atoms with Crippen molar-refractivity contribution in [2.75, 3.05) is 14.2 Å². The van der Waals surface area contributed by atoms with Gasteiger partial charge in [0, 0.05) is 31.9 Å². The summed E-state index contributed by atoms with van der Waals surface area (Å²) in [5.74, 6) is 0.444. The molecule has 1 aromatic carbocycles. The lowest BCUT2D eigenvalue weighted by Gasteiger charge is -2.29. The van der Waals surface area contributed by atoms with Crippen molar-refractivity contribution in [3.8, 4) is 11.4 Å². The fourth-order valence-corrected chi connectivity index (χ4v) is 5.48. The van der Waals surface area contributed by atoms with Crippen LogP contribution in [0.15, 0.2) is 53.6 Å². The summed E-state index contributed by atoms with van der Waals surface area (Å²) >= 11 is 6.04. The highest BCUT2D eigenvalue weighted by molar-refractivity contribution is 6.30. The molecule has 1 saturated carbocycles. The maximum absolute atomic E-state index is 13.8. The molecule has 0 radical (unpaired) electrons. The van der Waals surface area contributed by atoms with Crippen LogP contribution < -0.4 is 21.1 Å². The molecule has 0 aliphatic heterocycles. The molecule has 208 valence electrons. The second kappa shape index (κ2) is 11.5. The van der Waals surface area contributed by atoms with E-state index in [4.69, 9.17) is 16.3 Å². The molecule has 1 aliphatic rings. The van der Waals surface area contributed by atoms with Gasteiger partial charge < -0.3 is 15.4 Å². The molecular formula is C29H31ClN6O4. The Morgan fingerprint density at radius 3 is 2.48 bits per heavy atom. The van der Waals surface area contributed by atoms with Crippen LogP contribution in [0.4, 0.5) is 0 Å². The van der Waals surface area contributed by atoms with Gasteiger partial charge in [-0.1, -0.05) is 11.6 Å². The molecule has 3 heterocycles. The zero-order valence-corrected chi connectivity index (χ0v) is 23.4. The fraction of sp³-hybridized carbons (Fsp3) is 0.345. The van der Waals surface area contributed by atoms with Crippen LogP contribution in [0.1, 0.15) is 52.2 Å². The van der Waals surface area contributed by atoms with Crippen LogP contribution in [0, 0.1) is 12.8 Å². The molecule has 11 heteroatoms. The second-order valence-corrected chi connectivity index (χ2v) is 10.5. The summed E-state index contributed by atoms with van der Waals surface area (Å²) in [7, 11) is 3.13. The lowest BCUT2D eigenvalue weighted by Crippen LogP contribution is -2.39. The second-order valence-electron chi connectivity index (χ2n) is 10.0. The molecule has 0 unspecified atom stereocenters. The van der Waals surface area contributed by atoms with Crippen LogP contribution in [0.25, 0.3) is 16.7 Å². The van der Waals surface area contributed by atoms with Gasteiger partial charge >= 0.3 is 5.69 Å². The third-order valence-corrected chi connectivity index (χ3v) is 7.73. The number of rotatable bonds is 7. The van der Waals surface area contributed by atoms with Gasteiger partial charge in [0.2, 0.25) is 0 Å². The summed E-state index contributed by atoms with van der Waals surface area (Å²) in [5, 5.41) is 6.11. The number of ether oxygens (including phenoxy) is 1. The van der Waals surface area contributed by atoms with Crippen molar-refractivity contribution in [3.63, 3.8) is 0 Å². The first-order valence-corrected chi connectivity index (χ1v) is 13.6. The number of fused-ring (bicyclic) bond motifs is 1. The van der Waals surface area contributed by atoms with E-state index in [-0.39, 0.29) is 35.2 Å². The first kappa shape index (κ1) is 27.4. The van der Waals surface area contributed by atoms with E-state index in [9.17, 15) is 14.4 Å². The number of benzene rings is 1. The summed E-state index contributed by atoms with van der Waals surface area (Å²) in [4.78, 5) is 47.0. The topological polar surface area (TPSA) is 120 Å². The van der Waals surface area contributed by atoms with Crippen molar-refractivity contribution < 1.29 is 14.3 Å². The standard InChI is InChI=1S/C29H31ClN6O4/c1-17-23(12-19(30)14-32-17)27(37)34-20-6-4-18(5-7-20)16-35-25-11-9-22(40-3)13-26(25)36(29(35)39)21-8-10-24(33-15-21)28(38)31-2/h8-15,18,20H,4-7,16H2,1-3H3,(H,31,38)(H,34,37). The Morgan fingerprint density at radius 1 is 1.02 bits per heavy atom. The first-order valence-electron chi connectivity index (χ1n) is 13.2. The zero-order chi connectivity index (χ0) is 28.4. The third-order valence-electron chi connectivity index (χ3n) is 7.52. The van der Waals surface area contributed by atoms with E-state index in [1.807, 2.05) is 18.2 Å². The zero-order valence-electron chi connectivity index (χ0n) is 22.6. The lowest BCUT2D eigenvalue weighted by atomic mass is 9.85. The van der Waals surface area contributed by atoms with E-state index in [2.05, 4.69) is 20.6 Å². The molecule has 40 heavy (non-hydrogen) atoms. The van der Waals surface area contributed by atoms with Crippen LogP contribution in [0.5, 0.6) is 5.75 Å². The SMILES string of the molecule is CNC(=O)c1ccc(-n2c(=O)n(CC3CCC(NC(=O)c4cc(Cl)cnc4C)CC3)c3ccc(OC)cc32)cn1. The van der Waals surface area contributed by atoms with Crippen molar-refractivity contribution in [1.29, 1.82) is 0 Å². The van der Waals surface area contributed by atoms with Gasteiger partial charge in [0.25, 0.3) is 11.8 Å². The summed E-state index contributed by atoms with van der Waals surface area (Å²) in [6.07, 6.45) is 6.43. The van der Waals surface area contributed by atoms with Crippen LogP contribution in [-0.2, 0) is 6.54 Å². The Morgan fingerprint density at radius 2 is 1.80 bits per heavy atom. The highest BCUT2D eigenvalue weighted by Gasteiger charge is 2.26. The van der Waals surface area contributed by atoms with Crippen molar-refractivity contribution in [2.24, 2.45) is 5.92 Å². The Hall–Kier alpha value is -4.18. The van der Waals surface area contributed by atoms with Gasteiger partial charge in [-0.15, -0.1) is 0 Å². The number of hydrogen-bond donors (Lipinski definition) is 2. The molecule has 5 rings (SSSR count). The fourth-order valence-electron chi connectivity index (χ4n) is 5.32. The van der Waals surface area contributed by atoms with Crippen molar-refractivity contribution in [2.45, 2.75) is 45.2 Å². The molecule has 0 bridgehead atoms. The number of aryl methyl sites for hydroxylation is 1. The molecule has 4 aromatic rings. The number of aromatic nitrogens is 4. The Labute approximate surface area is 236 Å². The number of methoxy groups -OCH3 is 1. The third kappa shape index (κ3) is 5.44. The average Bonchev–Trinajstić information content (AvgIpc) is 3.24. The highest BCUT2D eigenvalue weighted by Crippen LogP contribution is 2.29. The number of carbonyl (C=O) groups is 2. The quantitative estimate of drug-likeness (QED) is 0.352. The van der Waals surface area contributed by atoms with E-state index < -0.39 is 0 Å². The number of nitrogens with one attached hydrogen (secondary N) is 2. The molecule has 2 N–H and O–H groups in total. The van der Waals surface area contributed by atoms with E-state index in [1.165, 1.54) is 12.4 Å². The number of amides is 2. The predicted molar refractivity (Wildman–Crippen MR) is 152 cm³/mol. The largest absolute Gasteiger partial charge is 0.497 e. The monoisotopic (exact) mass is 562 g/mol. The maximum Gasteiger partial charge on any atom is 0.333 e. The van der Waals surface area contributed by atoms with Gasteiger partial charge in [0.05, 0.1) is 46.3 Å². The van der Waals surface area contributed by atoms with Crippen LogP contribution in [0.3, 0.4) is 0 Å². The number of hydrogen-bond acceptors (Lipinski definition) is 6. The minimum absolute atomic E-state index is 0.0503. The van der Waals surface area contributed by atoms with Crippen LogP contribution in [-0.4, -0.2) is 51.1 Å². The average molecular weight is 563 g/mol. The van der Waals surface area contributed by atoms with Crippen molar-refractivity contribution in [1.82, 2.24) is 29.7 Å². The number of imidazole rings is 1. The predicted octanol–water partition coefficient (Wildman–Crippen LogP) is 3.90. The maximum atomic E-state index is 13.8. The summed E-state index contributed by atoms with van der Waals surface area (Å²) < 4.78 is 8.83. The van der Waals surface area contributed by atoms with E-state index in [0.717, 1.165) is 31.2 Å². The van der Waals surface area contributed by atoms with Crippen molar-refractivity contribution >= 4 is 34.4 Å². The number of halogens is 1. The van der Waals surface area contributed by atoms with E-state index >= 15 is 0 Å². The summed E-state index contributed by atoms with van der Waals surface area (Å²) in [5.41, 5.74) is 3.27.